The largest absolute Gasteiger partial charge is 0.338 e. The summed E-state index contributed by atoms with van der Waals surface area (Å²) in [6.45, 7) is 1.76. The van der Waals surface area contributed by atoms with E-state index >= 15 is 0 Å². The van der Waals surface area contributed by atoms with Crippen molar-refractivity contribution in [2.75, 3.05) is 18.8 Å². The Kier molecular flexibility index (Phi) is 2.66. The minimum Gasteiger partial charge on any atom is -0.338 e. The second kappa shape index (κ2) is 4.05. The highest BCUT2D eigenvalue weighted by molar-refractivity contribution is 7.80. The van der Waals surface area contributed by atoms with Gasteiger partial charge in [-0.1, -0.05) is 18.2 Å². The number of thiol groups is 1. The molecule has 3 rings (SSSR count). The van der Waals surface area contributed by atoms with Crippen LogP contribution in [0.4, 0.5) is 0 Å². The van der Waals surface area contributed by atoms with E-state index in [9.17, 15) is 4.79 Å². The predicted octanol–water partition coefficient (Wildman–Crippen LogP) is 2.39. The Morgan fingerprint density at radius 2 is 2.06 bits per heavy atom. The number of benzene rings is 1. The molecule has 0 unspecified atom stereocenters. The molecule has 1 fully saturated rings. The van der Waals surface area contributed by atoms with Crippen LogP contribution in [0.25, 0.3) is 0 Å². The fraction of sp³-hybridized carbons (Fsp3) is 0.500. The van der Waals surface area contributed by atoms with Crippen LogP contribution in [0.5, 0.6) is 0 Å². The highest BCUT2D eigenvalue weighted by Gasteiger charge is 2.44. The van der Waals surface area contributed by atoms with Gasteiger partial charge in [0.05, 0.1) is 0 Å². The van der Waals surface area contributed by atoms with Crippen LogP contribution in [0.2, 0.25) is 0 Å². The van der Waals surface area contributed by atoms with Crippen LogP contribution in [-0.4, -0.2) is 29.6 Å². The first-order chi connectivity index (χ1) is 8.24. The molecule has 1 saturated carbocycles. The Morgan fingerprint density at radius 3 is 2.76 bits per heavy atom. The zero-order valence-corrected chi connectivity index (χ0v) is 10.7. The minimum atomic E-state index is 0.208. The van der Waals surface area contributed by atoms with Crippen molar-refractivity contribution in [1.29, 1.82) is 0 Å². The monoisotopic (exact) mass is 247 g/mol. The van der Waals surface area contributed by atoms with Crippen LogP contribution in [0.1, 0.15) is 28.8 Å². The van der Waals surface area contributed by atoms with Gasteiger partial charge in [-0.05, 0) is 42.1 Å². The smallest absolute Gasteiger partial charge is 0.254 e. The third kappa shape index (κ3) is 1.97. The molecule has 1 amide bonds. The Morgan fingerprint density at radius 1 is 1.29 bits per heavy atom. The first-order valence-corrected chi connectivity index (χ1v) is 6.85. The van der Waals surface area contributed by atoms with E-state index in [1.807, 2.05) is 23.1 Å². The Balaban J connectivity index is 1.80. The SMILES string of the molecule is O=C1c2ccccc2CCN1CC1(CS)CC1. The van der Waals surface area contributed by atoms with Gasteiger partial charge in [0.1, 0.15) is 0 Å². The number of amides is 1. The third-order valence-corrected chi connectivity index (χ3v) is 4.68. The molecule has 0 spiro atoms. The van der Waals surface area contributed by atoms with Gasteiger partial charge < -0.3 is 4.90 Å². The number of carbonyl (C=O) groups excluding carboxylic acids is 1. The fourth-order valence-corrected chi connectivity index (χ4v) is 2.99. The molecule has 1 heterocycles. The molecular weight excluding hydrogens is 230 g/mol. The summed E-state index contributed by atoms with van der Waals surface area (Å²) in [6.07, 6.45) is 3.44. The molecule has 17 heavy (non-hydrogen) atoms. The molecule has 0 radical (unpaired) electrons. The van der Waals surface area contributed by atoms with E-state index in [0.29, 0.717) is 5.41 Å². The molecule has 3 heteroatoms. The van der Waals surface area contributed by atoms with Crippen molar-refractivity contribution in [2.24, 2.45) is 5.41 Å². The number of nitrogens with zero attached hydrogens (tertiary/aromatic N) is 1. The summed E-state index contributed by atoms with van der Waals surface area (Å²) < 4.78 is 0. The standard InChI is InChI=1S/C14H17NOS/c16-13-12-4-2-1-3-11(12)5-8-15(13)9-14(10-17)6-7-14/h1-4,17H,5-10H2. The average molecular weight is 247 g/mol. The summed E-state index contributed by atoms with van der Waals surface area (Å²) >= 11 is 4.41. The number of rotatable bonds is 3. The van der Waals surface area contributed by atoms with Crippen LogP contribution in [0.15, 0.2) is 24.3 Å². The van der Waals surface area contributed by atoms with E-state index in [2.05, 4.69) is 18.7 Å². The molecule has 1 aromatic carbocycles. The van der Waals surface area contributed by atoms with Crippen LogP contribution in [0.3, 0.4) is 0 Å². The van der Waals surface area contributed by atoms with E-state index in [-0.39, 0.29) is 5.91 Å². The lowest BCUT2D eigenvalue weighted by molar-refractivity contribution is 0.0709. The fourth-order valence-electron chi connectivity index (χ4n) is 2.57. The van der Waals surface area contributed by atoms with Gasteiger partial charge in [-0.2, -0.15) is 12.6 Å². The zero-order valence-electron chi connectivity index (χ0n) is 9.85. The lowest BCUT2D eigenvalue weighted by Crippen LogP contribution is -2.41. The van der Waals surface area contributed by atoms with Gasteiger partial charge in [0, 0.05) is 18.7 Å². The van der Waals surface area contributed by atoms with Gasteiger partial charge in [0.15, 0.2) is 0 Å². The van der Waals surface area contributed by atoms with Crippen molar-refractivity contribution in [3.63, 3.8) is 0 Å². The van der Waals surface area contributed by atoms with Crippen molar-refractivity contribution in [1.82, 2.24) is 4.90 Å². The molecule has 90 valence electrons. The van der Waals surface area contributed by atoms with Gasteiger partial charge in [0.25, 0.3) is 5.91 Å². The predicted molar refractivity (Wildman–Crippen MR) is 71.6 cm³/mol. The topological polar surface area (TPSA) is 20.3 Å². The molecule has 1 aliphatic heterocycles. The number of fused-ring (bicyclic) bond motifs is 1. The first-order valence-electron chi connectivity index (χ1n) is 6.22. The average Bonchev–Trinajstić information content (AvgIpc) is 3.14. The van der Waals surface area contributed by atoms with Crippen molar-refractivity contribution in [2.45, 2.75) is 19.3 Å². The van der Waals surface area contributed by atoms with Crippen molar-refractivity contribution >= 4 is 18.5 Å². The van der Waals surface area contributed by atoms with Gasteiger partial charge in [-0.3, -0.25) is 4.79 Å². The molecule has 0 bridgehead atoms. The van der Waals surface area contributed by atoms with Gasteiger partial charge in [-0.25, -0.2) is 0 Å². The lowest BCUT2D eigenvalue weighted by Gasteiger charge is -2.31. The Hall–Kier alpha value is -0.960. The molecule has 0 atom stereocenters. The van der Waals surface area contributed by atoms with Gasteiger partial charge >= 0.3 is 0 Å². The lowest BCUT2D eigenvalue weighted by atomic mass is 9.97. The molecule has 0 N–H and O–H groups in total. The summed E-state index contributed by atoms with van der Waals surface area (Å²) in [7, 11) is 0. The van der Waals surface area contributed by atoms with Crippen LogP contribution < -0.4 is 0 Å². The van der Waals surface area contributed by atoms with Crippen molar-refractivity contribution in [3.8, 4) is 0 Å². The van der Waals surface area contributed by atoms with Gasteiger partial charge in [-0.15, -0.1) is 0 Å². The molecule has 1 aliphatic carbocycles. The Labute approximate surface area is 107 Å². The van der Waals surface area contributed by atoms with Crippen LogP contribution >= 0.6 is 12.6 Å². The Bertz CT molecular complexity index is 453. The molecule has 0 aromatic heterocycles. The number of carbonyl (C=O) groups is 1. The van der Waals surface area contributed by atoms with Crippen LogP contribution in [0, 0.1) is 5.41 Å². The molecule has 0 saturated heterocycles. The second-order valence-electron chi connectivity index (χ2n) is 5.29. The minimum absolute atomic E-state index is 0.208. The van der Waals surface area contributed by atoms with E-state index in [0.717, 1.165) is 30.8 Å². The maximum absolute atomic E-state index is 12.3. The normalized spacial score (nSPS) is 21.2. The first kappa shape index (κ1) is 11.1. The second-order valence-corrected chi connectivity index (χ2v) is 5.61. The summed E-state index contributed by atoms with van der Waals surface area (Å²) in [5.41, 5.74) is 2.42. The summed E-state index contributed by atoms with van der Waals surface area (Å²) in [6, 6.07) is 7.98. The molecule has 1 aromatic rings. The van der Waals surface area contributed by atoms with E-state index in [4.69, 9.17) is 0 Å². The molecule has 2 aliphatic rings. The summed E-state index contributed by atoms with van der Waals surface area (Å²) in [4.78, 5) is 14.4. The highest BCUT2D eigenvalue weighted by atomic mass is 32.1. The van der Waals surface area contributed by atoms with E-state index in [1.165, 1.54) is 18.4 Å². The van der Waals surface area contributed by atoms with E-state index < -0.39 is 0 Å². The molecule has 2 nitrogen and oxygen atoms in total. The third-order valence-electron chi connectivity index (χ3n) is 4.00. The quantitative estimate of drug-likeness (QED) is 0.813. The molecular formula is C14H17NOS. The van der Waals surface area contributed by atoms with Crippen LogP contribution in [-0.2, 0) is 6.42 Å². The number of hydrogen-bond donors (Lipinski definition) is 1. The highest BCUT2D eigenvalue weighted by Crippen LogP contribution is 2.47. The maximum atomic E-state index is 12.3. The summed E-state index contributed by atoms with van der Waals surface area (Å²) in [5.74, 6) is 1.11. The zero-order chi connectivity index (χ0) is 11.9. The van der Waals surface area contributed by atoms with E-state index in [1.54, 1.807) is 0 Å². The maximum Gasteiger partial charge on any atom is 0.254 e. The number of hydrogen-bond acceptors (Lipinski definition) is 2. The summed E-state index contributed by atoms with van der Waals surface area (Å²) in [5, 5.41) is 0. The van der Waals surface area contributed by atoms with Crippen molar-refractivity contribution in [3.05, 3.63) is 35.4 Å². The van der Waals surface area contributed by atoms with Crippen molar-refractivity contribution < 1.29 is 4.79 Å². The van der Waals surface area contributed by atoms with Gasteiger partial charge in [0.2, 0.25) is 0 Å².